The van der Waals surface area contributed by atoms with Crippen molar-refractivity contribution >= 4 is 11.6 Å². The molecule has 0 saturated carbocycles. The fraction of sp³-hybridized carbons (Fsp3) is 0.235. The second kappa shape index (κ2) is 6.31. The molecule has 0 atom stereocenters. The first-order valence-corrected chi connectivity index (χ1v) is 7.16. The fourth-order valence-electron chi connectivity index (χ4n) is 2.31. The number of ether oxygens (including phenoxy) is 1. The smallest absolute Gasteiger partial charge is 0.196 e. The lowest BCUT2D eigenvalue weighted by atomic mass is 10.1. The molecule has 0 spiro atoms. The molecule has 0 aromatic heterocycles. The van der Waals surface area contributed by atoms with Crippen molar-refractivity contribution in [1.82, 2.24) is 10.6 Å². The number of nitrogens with zero attached hydrogens (tertiary/aromatic N) is 1. The van der Waals surface area contributed by atoms with Crippen molar-refractivity contribution < 1.29 is 4.74 Å². The van der Waals surface area contributed by atoms with Crippen molar-refractivity contribution in [2.45, 2.75) is 13.5 Å². The third-order valence-electron chi connectivity index (χ3n) is 3.46. The number of guanidine groups is 1. The number of hydrogen-bond acceptors (Lipinski definition) is 4. The van der Waals surface area contributed by atoms with Gasteiger partial charge in [0.25, 0.3) is 0 Å². The molecule has 0 aliphatic carbocycles. The molecule has 0 unspecified atom stereocenters. The van der Waals surface area contributed by atoms with E-state index in [0.29, 0.717) is 13.2 Å². The van der Waals surface area contributed by atoms with E-state index in [-0.39, 0.29) is 0 Å². The number of rotatable bonds is 4. The van der Waals surface area contributed by atoms with E-state index in [2.05, 4.69) is 28.6 Å². The van der Waals surface area contributed by atoms with Crippen molar-refractivity contribution in [3.05, 3.63) is 59.7 Å². The lowest BCUT2D eigenvalue weighted by Gasteiger charge is -2.20. The summed E-state index contributed by atoms with van der Waals surface area (Å²) >= 11 is 0. The van der Waals surface area contributed by atoms with Gasteiger partial charge in [-0.1, -0.05) is 30.3 Å². The molecule has 21 heavy (non-hydrogen) atoms. The number of hydrogen-bond donors (Lipinski definition) is 2. The molecule has 4 nitrogen and oxygen atoms in total. The number of para-hydroxylation sites is 1. The van der Waals surface area contributed by atoms with E-state index in [9.17, 15) is 0 Å². The van der Waals surface area contributed by atoms with Gasteiger partial charge in [-0.2, -0.15) is 0 Å². The molecular weight excluding hydrogens is 262 g/mol. The van der Waals surface area contributed by atoms with E-state index < -0.39 is 0 Å². The summed E-state index contributed by atoms with van der Waals surface area (Å²) in [7, 11) is 0. The van der Waals surface area contributed by atoms with E-state index in [4.69, 9.17) is 4.74 Å². The Morgan fingerprint density at radius 3 is 2.86 bits per heavy atom. The second-order valence-electron chi connectivity index (χ2n) is 4.97. The first kappa shape index (κ1) is 13.5. The van der Waals surface area contributed by atoms with Crippen molar-refractivity contribution in [2.75, 3.05) is 13.2 Å². The van der Waals surface area contributed by atoms with E-state index in [1.54, 1.807) is 0 Å². The van der Waals surface area contributed by atoms with E-state index in [1.165, 1.54) is 11.1 Å². The van der Waals surface area contributed by atoms with Crippen LogP contribution in [0.2, 0.25) is 0 Å². The van der Waals surface area contributed by atoms with E-state index >= 15 is 0 Å². The van der Waals surface area contributed by atoms with Gasteiger partial charge < -0.3 is 15.4 Å². The summed E-state index contributed by atoms with van der Waals surface area (Å²) in [6.07, 6.45) is 0. The molecule has 1 aliphatic rings. The minimum absolute atomic E-state index is 0.603. The monoisotopic (exact) mass is 281 g/mol. The summed E-state index contributed by atoms with van der Waals surface area (Å²) in [5.74, 6) is 1.70. The molecule has 2 N–H and O–H groups in total. The van der Waals surface area contributed by atoms with Gasteiger partial charge in [0.1, 0.15) is 12.4 Å². The predicted octanol–water partition coefficient (Wildman–Crippen LogP) is 2.75. The molecule has 1 aliphatic heterocycles. The first-order valence-electron chi connectivity index (χ1n) is 7.16. The predicted molar refractivity (Wildman–Crippen MR) is 85.1 cm³/mol. The zero-order valence-corrected chi connectivity index (χ0v) is 12.1. The van der Waals surface area contributed by atoms with Crippen molar-refractivity contribution in [3.63, 3.8) is 0 Å². The quantitative estimate of drug-likeness (QED) is 0.847. The minimum atomic E-state index is 0.603. The van der Waals surface area contributed by atoms with Crippen molar-refractivity contribution in [1.29, 1.82) is 0 Å². The van der Waals surface area contributed by atoms with Crippen molar-refractivity contribution in [3.8, 4) is 5.75 Å². The molecule has 0 radical (unpaired) electrons. The summed E-state index contributed by atoms with van der Waals surface area (Å²) < 4.78 is 5.64. The highest BCUT2D eigenvalue weighted by Gasteiger charge is 2.12. The van der Waals surface area contributed by atoms with Crippen LogP contribution >= 0.6 is 0 Å². The Morgan fingerprint density at radius 2 is 2.00 bits per heavy atom. The lowest BCUT2D eigenvalue weighted by Crippen LogP contribution is -2.40. The van der Waals surface area contributed by atoms with Crippen LogP contribution in [0.1, 0.15) is 11.1 Å². The van der Waals surface area contributed by atoms with Crippen LogP contribution in [0.3, 0.4) is 0 Å². The van der Waals surface area contributed by atoms with Gasteiger partial charge in [-0.15, -0.1) is 0 Å². The molecule has 3 rings (SSSR count). The molecule has 108 valence electrons. The summed E-state index contributed by atoms with van der Waals surface area (Å²) in [4.78, 5) is 4.59. The number of benzene rings is 2. The SMILES string of the molecule is Cc1cccc2c1CNC(NCCOc1ccccc1)=N2. The largest absolute Gasteiger partial charge is 0.492 e. The zero-order chi connectivity index (χ0) is 14.5. The van der Waals surface area contributed by atoms with Gasteiger partial charge in [0.2, 0.25) is 0 Å². The maximum Gasteiger partial charge on any atom is 0.196 e. The molecule has 2 aromatic rings. The van der Waals surface area contributed by atoms with Gasteiger partial charge in [0.05, 0.1) is 12.2 Å². The summed E-state index contributed by atoms with van der Waals surface area (Å²) in [5.41, 5.74) is 3.58. The van der Waals surface area contributed by atoms with Gasteiger partial charge in [0.15, 0.2) is 5.96 Å². The molecule has 0 saturated heterocycles. The second-order valence-corrected chi connectivity index (χ2v) is 4.97. The Kier molecular flexibility index (Phi) is 4.05. The average Bonchev–Trinajstić information content (AvgIpc) is 2.53. The van der Waals surface area contributed by atoms with Crippen LogP contribution in [-0.2, 0) is 6.54 Å². The number of nitrogens with one attached hydrogen (secondary N) is 2. The molecule has 0 amide bonds. The highest BCUT2D eigenvalue weighted by molar-refractivity contribution is 5.85. The molecule has 2 aromatic carbocycles. The summed E-state index contributed by atoms with van der Waals surface area (Å²) in [5, 5.41) is 6.56. The minimum Gasteiger partial charge on any atom is -0.492 e. The number of aliphatic imine (C=N–C) groups is 1. The van der Waals surface area contributed by atoms with E-state index in [0.717, 1.165) is 23.9 Å². The normalized spacial score (nSPS) is 12.9. The summed E-state index contributed by atoms with van der Waals surface area (Å²) in [6, 6.07) is 16.0. The fourth-order valence-corrected chi connectivity index (χ4v) is 2.31. The van der Waals surface area contributed by atoms with Crippen LogP contribution in [0, 0.1) is 6.92 Å². The van der Waals surface area contributed by atoms with Crippen molar-refractivity contribution in [2.24, 2.45) is 4.99 Å². The highest BCUT2D eigenvalue weighted by Crippen LogP contribution is 2.24. The number of fused-ring (bicyclic) bond motifs is 1. The van der Waals surface area contributed by atoms with Gasteiger partial charge in [0, 0.05) is 6.54 Å². The summed E-state index contributed by atoms with van der Waals surface area (Å²) in [6.45, 7) is 4.24. The maximum atomic E-state index is 5.64. The van der Waals surface area contributed by atoms with Gasteiger partial charge in [-0.05, 0) is 36.2 Å². The van der Waals surface area contributed by atoms with Crippen LogP contribution in [0.5, 0.6) is 5.75 Å². The molecular formula is C17H19N3O. The molecule has 0 fully saturated rings. The van der Waals surface area contributed by atoms with Crippen LogP contribution < -0.4 is 15.4 Å². The first-order chi connectivity index (χ1) is 10.3. The Morgan fingerprint density at radius 1 is 1.14 bits per heavy atom. The third kappa shape index (κ3) is 3.34. The molecule has 4 heteroatoms. The standard InChI is InChI=1S/C17H19N3O/c1-13-6-5-9-16-15(13)12-19-17(20-16)18-10-11-21-14-7-3-2-4-8-14/h2-9H,10-12H2,1H3,(H2,18,19,20). The van der Waals surface area contributed by atoms with Gasteiger partial charge in [-0.25, -0.2) is 4.99 Å². The molecule has 1 heterocycles. The average molecular weight is 281 g/mol. The highest BCUT2D eigenvalue weighted by atomic mass is 16.5. The Balaban J connectivity index is 1.52. The number of aryl methyl sites for hydroxylation is 1. The lowest BCUT2D eigenvalue weighted by molar-refractivity contribution is 0.322. The van der Waals surface area contributed by atoms with E-state index in [1.807, 2.05) is 42.5 Å². The zero-order valence-electron chi connectivity index (χ0n) is 12.1. The van der Waals surface area contributed by atoms with Crippen LogP contribution in [0.4, 0.5) is 5.69 Å². The van der Waals surface area contributed by atoms with Gasteiger partial charge >= 0.3 is 0 Å². The van der Waals surface area contributed by atoms with Crippen LogP contribution in [-0.4, -0.2) is 19.1 Å². The topological polar surface area (TPSA) is 45.6 Å². The van der Waals surface area contributed by atoms with Gasteiger partial charge in [-0.3, -0.25) is 0 Å². The maximum absolute atomic E-state index is 5.64. The van der Waals surface area contributed by atoms with Crippen LogP contribution in [0.15, 0.2) is 53.5 Å². The Bertz CT molecular complexity index is 638. The van der Waals surface area contributed by atoms with Crippen LogP contribution in [0.25, 0.3) is 0 Å². The third-order valence-corrected chi connectivity index (χ3v) is 3.46. The Labute approximate surface area is 124 Å². The molecule has 0 bridgehead atoms. The Hall–Kier alpha value is -2.49.